The van der Waals surface area contributed by atoms with Crippen molar-refractivity contribution in [3.05, 3.63) is 50.9 Å². The largest absolute Gasteiger partial charge is 0.482 e. The van der Waals surface area contributed by atoms with E-state index in [1.54, 1.807) is 35.8 Å². The second kappa shape index (κ2) is 6.93. The highest BCUT2D eigenvalue weighted by molar-refractivity contribution is 7.17. The van der Waals surface area contributed by atoms with Crippen molar-refractivity contribution >= 4 is 68.0 Å². The summed E-state index contributed by atoms with van der Waals surface area (Å²) in [6.45, 7) is -0.176. The lowest BCUT2D eigenvalue weighted by molar-refractivity contribution is -0.118. The first-order chi connectivity index (χ1) is 11.0. The number of amides is 1. The van der Waals surface area contributed by atoms with Gasteiger partial charge in [0.1, 0.15) is 11.3 Å². The molecular weight excluding hydrogens is 379 g/mol. The number of anilines is 1. The second-order valence-electron chi connectivity index (χ2n) is 4.54. The number of carbonyl (C=O) groups is 1. The van der Waals surface area contributed by atoms with Gasteiger partial charge in [-0.1, -0.05) is 34.8 Å². The SMILES string of the molecule is O=C(COc1ccc(Cl)cc1Cl)Nc1ccc(Cl)c2ncsc12. The molecule has 0 aliphatic rings. The molecule has 0 aliphatic carbocycles. The molecule has 1 heterocycles. The quantitative estimate of drug-likeness (QED) is 0.663. The number of thiazole rings is 1. The average Bonchev–Trinajstić information content (AvgIpc) is 3.00. The maximum atomic E-state index is 12.1. The van der Waals surface area contributed by atoms with Crippen LogP contribution in [0, 0.1) is 0 Å². The fourth-order valence-corrected chi connectivity index (χ4v) is 3.45. The van der Waals surface area contributed by atoms with Crippen molar-refractivity contribution < 1.29 is 9.53 Å². The number of aromatic nitrogens is 1. The van der Waals surface area contributed by atoms with Crippen LogP contribution in [0.4, 0.5) is 5.69 Å². The van der Waals surface area contributed by atoms with Crippen LogP contribution in [-0.4, -0.2) is 17.5 Å². The Morgan fingerprint density at radius 3 is 2.78 bits per heavy atom. The molecule has 118 valence electrons. The van der Waals surface area contributed by atoms with Gasteiger partial charge in [-0.2, -0.15) is 0 Å². The molecule has 3 rings (SSSR count). The maximum Gasteiger partial charge on any atom is 0.262 e. The topological polar surface area (TPSA) is 51.2 Å². The molecule has 8 heteroatoms. The molecule has 1 N–H and O–H groups in total. The third kappa shape index (κ3) is 3.70. The first-order valence-electron chi connectivity index (χ1n) is 6.44. The molecule has 1 aromatic heterocycles. The number of fused-ring (bicyclic) bond motifs is 1. The highest BCUT2D eigenvalue weighted by Crippen LogP contribution is 2.32. The smallest absolute Gasteiger partial charge is 0.262 e. The predicted octanol–water partition coefficient (Wildman–Crippen LogP) is 5.27. The van der Waals surface area contributed by atoms with Gasteiger partial charge >= 0.3 is 0 Å². The third-order valence-corrected chi connectivity index (χ3v) is 4.66. The first-order valence-corrected chi connectivity index (χ1v) is 8.45. The molecule has 0 unspecified atom stereocenters. The molecule has 23 heavy (non-hydrogen) atoms. The van der Waals surface area contributed by atoms with E-state index in [4.69, 9.17) is 39.5 Å². The van der Waals surface area contributed by atoms with Crippen LogP contribution in [0.5, 0.6) is 5.75 Å². The van der Waals surface area contributed by atoms with Crippen LogP contribution >= 0.6 is 46.1 Å². The summed E-state index contributed by atoms with van der Waals surface area (Å²) < 4.78 is 6.22. The Hall–Kier alpha value is -1.53. The van der Waals surface area contributed by atoms with Crippen LogP contribution < -0.4 is 10.1 Å². The van der Waals surface area contributed by atoms with Crippen LogP contribution in [0.25, 0.3) is 10.2 Å². The summed E-state index contributed by atoms with van der Waals surface area (Å²) in [5, 5.41) is 4.17. The Bertz CT molecular complexity index is 882. The van der Waals surface area contributed by atoms with E-state index in [0.717, 1.165) is 4.70 Å². The number of benzene rings is 2. The van der Waals surface area contributed by atoms with Gasteiger partial charge in [0, 0.05) is 5.02 Å². The van der Waals surface area contributed by atoms with Crippen LogP contribution in [-0.2, 0) is 4.79 Å². The van der Waals surface area contributed by atoms with Crippen molar-refractivity contribution in [3.63, 3.8) is 0 Å². The lowest BCUT2D eigenvalue weighted by Crippen LogP contribution is -2.20. The van der Waals surface area contributed by atoms with E-state index in [-0.39, 0.29) is 12.5 Å². The Labute approximate surface area is 150 Å². The van der Waals surface area contributed by atoms with Gasteiger partial charge in [0.05, 0.1) is 25.9 Å². The van der Waals surface area contributed by atoms with Gasteiger partial charge in [-0.3, -0.25) is 4.79 Å². The van der Waals surface area contributed by atoms with E-state index in [1.807, 2.05) is 0 Å². The van der Waals surface area contributed by atoms with E-state index >= 15 is 0 Å². The fourth-order valence-electron chi connectivity index (χ4n) is 1.94. The summed E-state index contributed by atoms with van der Waals surface area (Å²) >= 11 is 19.3. The molecule has 0 saturated carbocycles. The second-order valence-corrected chi connectivity index (χ2v) is 6.64. The number of nitrogens with one attached hydrogen (secondary N) is 1. The number of hydrogen-bond donors (Lipinski definition) is 1. The molecular formula is C15H9Cl3N2O2S. The van der Waals surface area contributed by atoms with Crippen molar-refractivity contribution in [2.24, 2.45) is 0 Å². The average molecular weight is 388 g/mol. The fraction of sp³-hybridized carbons (Fsp3) is 0.0667. The van der Waals surface area contributed by atoms with E-state index in [1.165, 1.54) is 11.3 Å². The number of nitrogens with zero attached hydrogens (tertiary/aromatic N) is 1. The van der Waals surface area contributed by atoms with Crippen LogP contribution in [0.15, 0.2) is 35.8 Å². The minimum atomic E-state index is -0.312. The van der Waals surface area contributed by atoms with Gasteiger partial charge in [-0.25, -0.2) is 4.98 Å². The lowest BCUT2D eigenvalue weighted by Gasteiger charge is -2.09. The van der Waals surface area contributed by atoms with E-state index in [9.17, 15) is 4.79 Å². The number of rotatable bonds is 4. The summed E-state index contributed by atoms with van der Waals surface area (Å²) in [5.41, 5.74) is 2.98. The van der Waals surface area contributed by atoms with Crippen LogP contribution in [0.2, 0.25) is 15.1 Å². The van der Waals surface area contributed by atoms with Crippen molar-refractivity contribution in [3.8, 4) is 5.75 Å². The maximum absolute atomic E-state index is 12.1. The zero-order valence-corrected chi connectivity index (χ0v) is 14.6. The minimum absolute atomic E-state index is 0.176. The molecule has 4 nitrogen and oxygen atoms in total. The zero-order valence-electron chi connectivity index (χ0n) is 11.5. The highest BCUT2D eigenvalue weighted by Gasteiger charge is 2.11. The van der Waals surface area contributed by atoms with E-state index in [0.29, 0.717) is 32.0 Å². The normalized spacial score (nSPS) is 10.7. The summed E-state index contributed by atoms with van der Waals surface area (Å²) in [4.78, 5) is 16.2. The van der Waals surface area contributed by atoms with Crippen molar-refractivity contribution in [2.75, 3.05) is 11.9 Å². The highest BCUT2D eigenvalue weighted by atomic mass is 35.5. The summed E-state index contributed by atoms with van der Waals surface area (Å²) in [5.74, 6) is 0.0818. The Balaban J connectivity index is 1.69. The molecule has 3 aromatic rings. The van der Waals surface area contributed by atoms with Crippen LogP contribution in [0.3, 0.4) is 0 Å². The number of ether oxygens (including phenoxy) is 1. The van der Waals surface area contributed by atoms with Gasteiger partial charge in [0.25, 0.3) is 5.91 Å². The van der Waals surface area contributed by atoms with Gasteiger partial charge in [-0.05, 0) is 30.3 Å². The molecule has 0 fully saturated rings. The summed E-state index contributed by atoms with van der Waals surface area (Å²) in [7, 11) is 0. The molecule has 0 aliphatic heterocycles. The minimum Gasteiger partial charge on any atom is -0.482 e. The Morgan fingerprint density at radius 1 is 1.17 bits per heavy atom. The molecule has 0 radical (unpaired) electrons. The summed E-state index contributed by atoms with van der Waals surface area (Å²) in [6.07, 6.45) is 0. The standard InChI is InChI=1S/C15H9Cl3N2O2S/c16-8-1-4-12(10(18)5-8)22-6-13(21)20-11-3-2-9(17)14-15(11)23-7-19-14/h1-5,7H,6H2,(H,20,21). The van der Waals surface area contributed by atoms with E-state index in [2.05, 4.69) is 10.3 Å². The Morgan fingerprint density at radius 2 is 2.00 bits per heavy atom. The van der Waals surface area contributed by atoms with Gasteiger partial charge < -0.3 is 10.1 Å². The molecule has 0 atom stereocenters. The lowest BCUT2D eigenvalue weighted by atomic mass is 10.3. The van der Waals surface area contributed by atoms with E-state index < -0.39 is 0 Å². The zero-order chi connectivity index (χ0) is 16.4. The molecule has 0 bridgehead atoms. The molecule has 0 saturated heterocycles. The molecule has 0 spiro atoms. The van der Waals surface area contributed by atoms with Crippen molar-refractivity contribution in [2.45, 2.75) is 0 Å². The van der Waals surface area contributed by atoms with Gasteiger partial charge in [0.2, 0.25) is 0 Å². The number of carbonyl (C=O) groups excluding carboxylic acids is 1. The number of hydrogen-bond acceptors (Lipinski definition) is 4. The van der Waals surface area contributed by atoms with Crippen molar-refractivity contribution in [1.82, 2.24) is 4.98 Å². The van der Waals surface area contributed by atoms with Gasteiger partial charge in [0.15, 0.2) is 6.61 Å². The summed E-state index contributed by atoms with van der Waals surface area (Å²) in [6, 6.07) is 8.23. The first kappa shape index (κ1) is 16.3. The third-order valence-electron chi connectivity index (χ3n) is 2.96. The Kier molecular flexibility index (Phi) is 4.92. The molecule has 2 aromatic carbocycles. The van der Waals surface area contributed by atoms with Crippen molar-refractivity contribution in [1.29, 1.82) is 0 Å². The van der Waals surface area contributed by atoms with Gasteiger partial charge in [-0.15, -0.1) is 11.3 Å². The number of halogens is 3. The predicted molar refractivity (Wildman–Crippen MR) is 95.2 cm³/mol. The molecule has 1 amide bonds. The monoisotopic (exact) mass is 386 g/mol. The van der Waals surface area contributed by atoms with Crippen LogP contribution in [0.1, 0.15) is 0 Å².